The molecule has 0 bridgehead atoms. The number of hydrogen-bond donors (Lipinski definition) is 0. The quantitative estimate of drug-likeness (QED) is 0.524. The third-order valence-electron chi connectivity index (χ3n) is 4.26. The SMILES string of the molecule is c1ccc2c(c1)SC(C(C1SCCS1)C1Sc3ccccc3S1)S2. The Morgan fingerprint density at radius 2 is 0.958 bits per heavy atom. The van der Waals surface area contributed by atoms with Crippen LogP contribution in [0.1, 0.15) is 0 Å². The normalized spacial score (nSPS) is 21.5. The minimum atomic E-state index is 0.643. The van der Waals surface area contributed by atoms with E-state index in [1.54, 1.807) is 0 Å². The van der Waals surface area contributed by atoms with Crippen molar-refractivity contribution in [1.29, 1.82) is 0 Å². The maximum atomic E-state index is 2.29. The van der Waals surface area contributed by atoms with E-state index in [-0.39, 0.29) is 0 Å². The molecule has 24 heavy (non-hydrogen) atoms. The predicted octanol–water partition coefficient (Wildman–Crippen LogP) is 6.86. The maximum absolute atomic E-state index is 2.29. The van der Waals surface area contributed by atoms with Gasteiger partial charge in [0.2, 0.25) is 0 Å². The second-order valence-electron chi connectivity index (χ2n) is 5.79. The van der Waals surface area contributed by atoms with Gasteiger partial charge in [-0.2, -0.15) is 0 Å². The van der Waals surface area contributed by atoms with E-state index in [4.69, 9.17) is 0 Å². The van der Waals surface area contributed by atoms with Crippen molar-refractivity contribution in [2.24, 2.45) is 5.92 Å². The van der Waals surface area contributed by atoms with Gasteiger partial charge in [0.05, 0.1) is 13.7 Å². The molecule has 0 aromatic heterocycles. The van der Waals surface area contributed by atoms with Gasteiger partial charge < -0.3 is 0 Å². The van der Waals surface area contributed by atoms with Crippen molar-refractivity contribution in [3.05, 3.63) is 48.5 Å². The smallest absolute Gasteiger partial charge is 0.0663 e. The summed E-state index contributed by atoms with van der Waals surface area (Å²) in [4.78, 5) is 5.93. The Kier molecular flexibility index (Phi) is 5.06. The number of rotatable bonds is 3. The van der Waals surface area contributed by atoms with E-state index >= 15 is 0 Å². The molecule has 3 heterocycles. The molecule has 0 saturated carbocycles. The Bertz CT molecular complexity index is 636. The van der Waals surface area contributed by atoms with Gasteiger partial charge >= 0.3 is 0 Å². The van der Waals surface area contributed by atoms with Crippen LogP contribution >= 0.6 is 70.6 Å². The first-order chi connectivity index (χ1) is 11.9. The van der Waals surface area contributed by atoms with Crippen molar-refractivity contribution in [3.63, 3.8) is 0 Å². The second kappa shape index (κ2) is 7.28. The van der Waals surface area contributed by atoms with Crippen LogP contribution in [0.25, 0.3) is 0 Å². The lowest BCUT2D eigenvalue weighted by Crippen LogP contribution is -2.28. The first kappa shape index (κ1) is 16.7. The van der Waals surface area contributed by atoms with Crippen molar-refractivity contribution in [2.75, 3.05) is 11.5 Å². The molecule has 6 heteroatoms. The van der Waals surface area contributed by atoms with Crippen LogP contribution in [0.2, 0.25) is 0 Å². The zero-order valence-electron chi connectivity index (χ0n) is 12.8. The van der Waals surface area contributed by atoms with Crippen LogP contribution in [-0.4, -0.2) is 25.3 Å². The van der Waals surface area contributed by atoms with Crippen LogP contribution in [0, 0.1) is 5.92 Å². The van der Waals surface area contributed by atoms with Gasteiger partial charge in [-0.25, -0.2) is 0 Å². The molecular weight excluding hydrogens is 409 g/mol. The molecule has 0 atom stereocenters. The summed E-state index contributed by atoms with van der Waals surface area (Å²) in [5.41, 5.74) is 0. The first-order valence-electron chi connectivity index (χ1n) is 7.96. The summed E-state index contributed by atoms with van der Waals surface area (Å²) in [7, 11) is 0. The highest BCUT2D eigenvalue weighted by atomic mass is 32.2. The molecule has 0 radical (unpaired) electrons. The number of fused-ring (bicyclic) bond motifs is 2. The van der Waals surface area contributed by atoms with E-state index < -0.39 is 0 Å². The van der Waals surface area contributed by atoms with E-state index in [9.17, 15) is 0 Å². The molecule has 3 aliphatic rings. The molecule has 0 nitrogen and oxygen atoms in total. The van der Waals surface area contributed by atoms with Crippen LogP contribution in [0.5, 0.6) is 0 Å². The number of hydrogen-bond acceptors (Lipinski definition) is 6. The van der Waals surface area contributed by atoms with Gasteiger partial charge in [-0.1, -0.05) is 24.3 Å². The molecule has 0 spiro atoms. The maximum Gasteiger partial charge on any atom is 0.0663 e. The third kappa shape index (κ3) is 3.16. The Morgan fingerprint density at radius 3 is 1.33 bits per heavy atom. The van der Waals surface area contributed by atoms with Crippen molar-refractivity contribution >= 4 is 70.6 Å². The van der Waals surface area contributed by atoms with E-state index in [0.29, 0.717) is 15.1 Å². The lowest BCUT2D eigenvalue weighted by atomic mass is 10.2. The Hall–Kier alpha value is 0.540. The molecule has 0 amide bonds. The second-order valence-corrected chi connectivity index (χ2v) is 13.9. The van der Waals surface area contributed by atoms with Crippen molar-refractivity contribution in [3.8, 4) is 0 Å². The van der Waals surface area contributed by atoms with Gasteiger partial charge in [0, 0.05) is 37.0 Å². The minimum Gasteiger partial charge on any atom is -0.146 e. The zero-order chi connectivity index (χ0) is 15.9. The average Bonchev–Trinajstić information content (AvgIpc) is 3.34. The lowest BCUT2D eigenvalue weighted by Gasteiger charge is -2.31. The third-order valence-corrected chi connectivity index (χ3v) is 13.5. The Morgan fingerprint density at radius 1 is 0.583 bits per heavy atom. The Labute approximate surface area is 168 Å². The standard InChI is InChI=1S/C18H16S6/c1-2-6-12-11(5-1)21-17(22-12)15(16-19-9-10-20-16)18-23-13-7-3-4-8-14(13)24-18/h1-8,15-18H,9-10H2. The van der Waals surface area contributed by atoms with Gasteiger partial charge in [-0.15, -0.1) is 70.6 Å². The van der Waals surface area contributed by atoms with Crippen LogP contribution in [-0.2, 0) is 0 Å². The summed E-state index contributed by atoms with van der Waals surface area (Å²) in [5.74, 6) is 3.35. The molecule has 2 aromatic carbocycles. The molecule has 1 saturated heterocycles. The fourth-order valence-electron chi connectivity index (χ4n) is 3.14. The molecule has 3 aliphatic heterocycles. The molecule has 124 valence electrons. The van der Waals surface area contributed by atoms with Crippen molar-refractivity contribution in [1.82, 2.24) is 0 Å². The van der Waals surface area contributed by atoms with E-state index in [1.165, 1.54) is 31.1 Å². The summed E-state index contributed by atoms with van der Waals surface area (Å²) in [6.07, 6.45) is 0. The topological polar surface area (TPSA) is 0 Å². The van der Waals surface area contributed by atoms with Gasteiger partial charge in [0.25, 0.3) is 0 Å². The largest absolute Gasteiger partial charge is 0.146 e. The average molecular weight is 425 g/mol. The van der Waals surface area contributed by atoms with Gasteiger partial charge in [0.15, 0.2) is 0 Å². The highest BCUT2D eigenvalue weighted by molar-refractivity contribution is 8.22. The highest BCUT2D eigenvalue weighted by Gasteiger charge is 2.44. The number of thioether (sulfide) groups is 6. The predicted molar refractivity (Wildman–Crippen MR) is 116 cm³/mol. The van der Waals surface area contributed by atoms with Crippen molar-refractivity contribution in [2.45, 2.75) is 33.3 Å². The molecular formula is C18H16S6. The molecule has 1 fully saturated rings. The van der Waals surface area contributed by atoms with Crippen LogP contribution in [0.4, 0.5) is 0 Å². The molecule has 5 rings (SSSR count). The number of benzene rings is 2. The molecule has 0 unspecified atom stereocenters. The highest BCUT2D eigenvalue weighted by Crippen LogP contribution is 2.61. The summed E-state index contributed by atoms with van der Waals surface area (Å²) < 4.78 is 2.03. The minimum absolute atomic E-state index is 0.643. The summed E-state index contributed by atoms with van der Waals surface area (Å²) in [6.45, 7) is 0. The fraction of sp³-hybridized carbons (Fsp3) is 0.333. The van der Waals surface area contributed by atoms with E-state index in [2.05, 4.69) is 119 Å². The van der Waals surface area contributed by atoms with Gasteiger partial charge in [0.1, 0.15) is 0 Å². The summed E-state index contributed by atoms with van der Waals surface area (Å²) in [6, 6.07) is 17.9. The van der Waals surface area contributed by atoms with Crippen molar-refractivity contribution < 1.29 is 0 Å². The Balaban J connectivity index is 1.42. The van der Waals surface area contributed by atoms with Gasteiger partial charge in [-0.3, -0.25) is 0 Å². The molecule has 0 N–H and O–H groups in total. The molecule has 2 aromatic rings. The zero-order valence-corrected chi connectivity index (χ0v) is 17.7. The van der Waals surface area contributed by atoms with Gasteiger partial charge in [-0.05, 0) is 24.3 Å². The summed E-state index contributed by atoms with van der Waals surface area (Å²) in [5, 5.41) is 0. The fourth-order valence-corrected chi connectivity index (χ4v) is 14.1. The monoisotopic (exact) mass is 424 g/mol. The molecule has 0 aliphatic carbocycles. The van der Waals surface area contributed by atoms with E-state index in [0.717, 1.165) is 4.58 Å². The van der Waals surface area contributed by atoms with Crippen LogP contribution in [0.3, 0.4) is 0 Å². The van der Waals surface area contributed by atoms with Crippen LogP contribution in [0.15, 0.2) is 68.1 Å². The van der Waals surface area contributed by atoms with E-state index in [1.807, 2.05) is 0 Å². The van der Waals surface area contributed by atoms with Crippen LogP contribution < -0.4 is 0 Å². The summed E-state index contributed by atoms with van der Waals surface area (Å²) >= 11 is 12.8. The first-order valence-corrected chi connectivity index (χ1v) is 13.6. The lowest BCUT2D eigenvalue weighted by molar-refractivity contribution is 0.698.